The maximum absolute atomic E-state index is 12.5. The molecule has 1 saturated heterocycles. The van der Waals surface area contributed by atoms with Crippen molar-refractivity contribution in [3.8, 4) is 0 Å². The minimum absolute atomic E-state index is 0.138. The molecule has 0 aromatic heterocycles. The minimum atomic E-state index is -0.453. The molecule has 0 aliphatic carbocycles. The van der Waals surface area contributed by atoms with Gasteiger partial charge in [0.25, 0.3) is 0 Å². The van der Waals surface area contributed by atoms with Crippen molar-refractivity contribution in [2.24, 2.45) is 0 Å². The van der Waals surface area contributed by atoms with Gasteiger partial charge in [-0.05, 0) is 69.7 Å². The second-order valence-corrected chi connectivity index (χ2v) is 7.95. The van der Waals surface area contributed by atoms with Gasteiger partial charge in [0.15, 0.2) is 0 Å². The number of hydrogen-bond acceptors (Lipinski definition) is 2. The van der Waals surface area contributed by atoms with E-state index < -0.39 is 5.60 Å². The maximum atomic E-state index is 12.5. The lowest BCUT2D eigenvalue weighted by molar-refractivity contribution is 0.0175. The summed E-state index contributed by atoms with van der Waals surface area (Å²) in [6.07, 6.45) is 4.93. The van der Waals surface area contributed by atoms with E-state index in [1.165, 1.54) is 11.1 Å². The van der Waals surface area contributed by atoms with Crippen LogP contribution < -0.4 is 0 Å². The number of carbonyl (C=O) groups excluding carboxylic acids is 1. The van der Waals surface area contributed by atoms with Gasteiger partial charge in [0.2, 0.25) is 0 Å². The van der Waals surface area contributed by atoms with Gasteiger partial charge < -0.3 is 4.74 Å². The molecule has 3 rings (SSSR count). The summed E-state index contributed by atoms with van der Waals surface area (Å²) in [6, 6.07) is 6.58. The Kier molecular flexibility index (Phi) is 4.18. The molecule has 1 aromatic rings. The minimum Gasteiger partial charge on any atom is -0.444 e. The van der Waals surface area contributed by atoms with Crippen molar-refractivity contribution in [2.45, 2.75) is 64.6 Å². The highest BCUT2D eigenvalue weighted by Crippen LogP contribution is 2.39. The molecule has 0 spiro atoms. The van der Waals surface area contributed by atoms with Crippen LogP contribution >= 0.6 is 11.6 Å². The Balaban J connectivity index is 1.83. The number of amides is 1. The zero-order valence-electron chi connectivity index (χ0n) is 14.2. The molecule has 1 fully saturated rings. The molecule has 0 N–H and O–H groups in total. The van der Waals surface area contributed by atoms with Gasteiger partial charge in [0.1, 0.15) is 5.60 Å². The van der Waals surface area contributed by atoms with Gasteiger partial charge in [-0.2, -0.15) is 0 Å². The first kappa shape index (κ1) is 16.4. The number of rotatable bonds is 1. The van der Waals surface area contributed by atoms with E-state index in [-0.39, 0.29) is 18.2 Å². The fourth-order valence-corrected chi connectivity index (χ4v) is 3.62. The summed E-state index contributed by atoms with van der Waals surface area (Å²) < 4.78 is 5.57. The number of fused-ring (bicyclic) bond motifs is 2. The molecular weight excluding hydrogens is 310 g/mol. The Hall–Kier alpha value is -1.48. The van der Waals surface area contributed by atoms with Gasteiger partial charge >= 0.3 is 6.09 Å². The third-order valence-corrected chi connectivity index (χ3v) is 4.95. The van der Waals surface area contributed by atoms with E-state index in [0.29, 0.717) is 0 Å². The number of aryl methyl sites for hydroxylation is 1. The van der Waals surface area contributed by atoms with Crippen molar-refractivity contribution >= 4 is 23.3 Å². The van der Waals surface area contributed by atoms with Crippen molar-refractivity contribution in [3.05, 3.63) is 40.4 Å². The van der Waals surface area contributed by atoms with Crippen molar-refractivity contribution in [3.63, 3.8) is 0 Å². The molecule has 4 heteroatoms. The average Bonchev–Trinajstić information content (AvgIpc) is 2.71. The molecule has 2 atom stereocenters. The molecule has 1 aromatic carbocycles. The molecule has 2 bridgehead atoms. The van der Waals surface area contributed by atoms with Crippen LogP contribution in [-0.2, 0) is 4.74 Å². The van der Waals surface area contributed by atoms with E-state index in [9.17, 15) is 4.79 Å². The van der Waals surface area contributed by atoms with E-state index in [4.69, 9.17) is 16.3 Å². The van der Waals surface area contributed by atoms with E-state index in [2.05, 4.69) is 18.2 Å². The first-order valence-corrected chi connectivity index (χ1v) is 8.61. The molecule has 2 aliphatic heterocycles. The third-order valence-electron chi connectivity index (χ3n) is 4.54. The van der Waals surface area contributed by atoms with Crippen LogP contribution in [0.2, 0.25) is 5.02 Å². The zero-order valence-corrected chi connectivity index (χ0v) is 15.0. The Morgan fingerprint density at radius 2 is 2.04 bits per heavy atom. The van der Waals surface area contributed by atoms with E-state index in [1.807, 2.05) is 38.7 Å². The predicted molar refractivity (Wildman–Crippen MR) is 93.7 cm³/mol. The summed E-state index contributed by atoms with van der Waals surface area (Å²) in [5.74, 6) is 0. The average molecular weight is 334 g/mol. The van der Waals surface area contributed by atoms with Crippen molar-refractivity contribution in [1.82, 2.24) is 4.90 Å². The van der Waals surface area contributed by atoms with Crippen LogP contribution in [0.3, 0.4) is 0 Å². The Morgan fingerprint density at radius 1 is 1.30 bits per heavy atom. The van der Waals surface area contributed by atoms with Crippen LogP contribution in [0.5, 0.6) is 0 Å². The number of nitrogens with zero attached hydrogens (tertiary/aromatic N) is 1. The van der Waals surface area contributed by atoms with Gasteiger partial charge in [-0.1, -0.05) is 29.8 Å². The van der Waals surface area contributed by atoms with Crippen molar-refractivity contribution in [2.75, 3.05) is 0 Å². The standard InChI is InChI=1S/C19H24ClNO2/c1-12-5-6-13(11-17(12)20)14-9-15-7-8-16(10-14)21(15)18(22)23-19(2,3)4/h5-6,9,11,15-16H,7-8,10H2,1-4H3. The van der Waals surface area contributed by atoms with Crippen LogP contribution in [0, 0.1) is 6.92 Å². The maximum Gasteiger partial charge on any atom is 0.411 e. The molecule has 3 nitrogen and oxygen atoms in total. The second kappa shape index (κ2) is 5.86. The lowest BCUT2D eigenvalue weighted by atomic mass is 9.94. The summed E-state index contributed by atoms with van der Waals surface area (Å²) in [4.78, 5) is 14.4. The number of benzene rings is 1. The summed E-state index contributed by atoms with van der Waals surface area (Å²) in [7, 11) is 0. The summed E-state index contributed by atoms with van der Waals surface area (Å²) in [5, 5.41) is 0.797. The fourth-order valence-electron chi connectivity index (χ4n) is 3.44. The SMILES string of the molecule is Cc1ccc(C2=CC3CCC(C2)N3C(=O)OC(C)(C)C)cc1Cl. The molecule has 1 amide bonds. The van der Waals surface area contributed by atoms with Gasteiger partial charge in [0, 0.05) is 11.1 Å². The largest absolute Gasteiger partial charge is 0.444 e. The van der Waals surface area contributed by atoms with Crippen LogP contribution in [0.1, 0.15) is 51.2 Å². The monoisotopic (exact) mass is 333 g/mol. The molecular formula is C19H24ClNO2. The zero-order chi connectivity index (χ0) is 16.8. The number of carbonyl (C=O) groups is 1. The van der Waals surface area contributed by atoms with Gasteiger partial charge in [-0.3, -0.25) is 4.90 Å². The Morgan fingerprint density at radius 3 is 2.65 bits per heavy atom. The van der Waals surface area contributed by atoms with Crippen LogP contribution in [-0.4, -0.2) is 28.7 Å². The smallest absolute Gasteiger partial charge is 0.411 e. The van der Waals surface area contributed by atoms with Crippen LogP contribution in [0.15, 0.2) is 24.3 Å². The summed E-state index contributed by atoms with van der Waals surface area (Å²) >= 11 is 6.26. The topological polar surface area (TPSA) is 29.5 Å². The highest BCUT2D eigenvalue weighted by atomic mass is 35.5. The van der Waals surface area contributed by atoms with Crippen LogP contribution in [0.4, 0.5) is 4.79 Å². The van der Waals surface area contributed by atoms with Gasteiger partial charge in [0.05, 0.1) is 6.04 Å². The Bertz CT molecular complexity index is 660. The normalized spacial score (nSPS) is 23.7. The van der Waals surface area contributed by atoms with E-state index >= 15 is 0 Å². The lowest BCUT2D eigenvalue weighted by Gasteiger charge is -2.35. The Labute approximate surface area is 143 Å². The molecule has 2 unspecified atom stereocenters. The highest BCUT2D eigenvalue weighted by Gasteiger charge is 2.41. The highest BCUT2D eigenvalue weighted by molar-refractivity contribution is 6.31. The molecule has 124 valence electrons. The van der Waals surface area contributed by atoms with Crippen molar-refractivity contribution < 1.29 is 9.53 Å². The lowest BCUT2D eigenvalue weighted by Crippen LogP contribution is -2.45. The van der Waals surface area contributed by atoms with Gasteiger partial charge in [-0.15, -0.1) is 0 Å². The predicted octanol–water partition coefficient (Wildman–Crippen LogP) is 5.20. The first-order chi connectivity index (χ1) is 10.7. The molecule has 2 aliphatic rings. The molecule has 0 radical (unpaired) electrons. The molecule has 2 heterocycles. The number of halogens is 1. The van der Waals surface area contributed by atoms with Crippen LogP contribution in [0.25, 0.3) is 5.57 Å². The quantitative estimate of drug-likeness (QED) is 0.706. The first-order valence-electron chi connectivity index (χ1n) is 8.23. The molecule has 0 saturated carbocycles. The fraction of sp³-hybridized carbons (Fsp3) is 0.526. The number of ether oxygens (including phenoxy) is 1. The van der Waals surface area contributed by atoms with Gasteiger partial charge in [-0.25, -0.2) is 4.79 Å². The van der Waals surface area contributed by atoms with E-state index in [1.54, 1.807) is 0 Å². The second-order valence-electron chi connectivity index (χ2n) is 7.55. The molecule has 23 heavy (non-hydrogen) atoms. The number of hydrogen-bond donors (Lipinski definition) is 0. The summed E-state index contributed by atoms with van der Waals surface area (Å²) in [5.41, 5.74) is 3.09. The third kappa shape index (κ3) is 3.40. The summed E-state index contributed by atoms with van der Waals surface area (Å²) in [6.45, 7) is 7.74. The van der Waals surface area contributed by atoms with Crippen molar-refractivity contribution in [1.29, 1.82) is 0 Å². The van der Waals surface area contributed by atoms with E-state index in [0.717, 1.165) is 29.8 Å².